The van der Waals surface area contributed by atoms with Crippen molar-refractivity contribution in [3.05, 3.63) is 83.2 Å². The van der Waals surface area contributed by atoms with E-state index in [0.717, 1.165) is 11.1 Å². The Morgan fingerprint density at radius 1 is 0.654 bits per heavy atom. The van der Waals surface area contributed by atoms with Crippen molar-refractivity contribution in [2.45, 2.75) is 0 Å². The van der Waals surface area contributed by atoms with Gasteiger partial charge in [-0.25, -0.2) is 8.78 Å². The normalized spacial score (nSPS) is 10.0. The van der Waals surface area contributed by atoms with Crippen LogP contribution in [0.1, 0.15) is 11.1 Å². The molecule has 6 heteroatoms. The Morgan fingerprint density at radius 2 is 1.19 bits per heavy atom. The first kappa shape index (κ1) is 17.1. The molecule has 0 atom stereocenters. The Balaban J connectivity index is 1.99. The van der Waals surface area contributed by atoms with Gasteiger partial charge in [0.1, 0.15) is 29.0 Å². The molecule has 0 bridgehead atoms. The molecule has 0 aromatic heterocycles. The zero-order chi connectivity index (χ0) is 18.7. The number of hydrogen-bond donors (Lipinski definition) is 0. The number of nitrogens with zero attached hydrogens (tertiary/aromatic N) is 2. The summed E-state index contributed by atoms with van der Waals surface area (Å²) in [6.45, 7) is 0. The molecule has 0 saturated carbocycles. The molecule has 3 rings (SSSR count). The molecule has 0 radical (unpaired) electrons. The van der Waals surface area contributed by atoms with Crippen LogP contribution in [0.25, 0.3) is 11.1 Å². The number of benzene rings is 3. The lowest BCUT2D eigenvalue weighted by Gasteiger charge is -2.11. The van der Waals surface area contributed by atoms with Crippen molar-refractivity contribution in [2.75, 3.05) is 0 Å². The lowest BCUT2D eigenvalue weighted by molar-refractivity contribution is 0.385. The molecule has 0 N–H and O–H groups in total. The predicted octanol–water partition coefficient (Wildman–Crippen LogP) is 5.31. The van der Waals surface area contributed by atoms with Crippen LogP contribution in [0.2, 0.25) is 0 Å². The molecule has 0 aliphatic heterocycles. The maximum absolute atomic E-state index is 14.3. The molecule has 0 fully saturated rings. The molecule has 0 aliphatic carbocycles. The standard InChI is InChI=1S/C20H9F3N2O/c21-17-15(10-24)16(11-25)18(22)20(19(17)23)26-14-8-6-13(7-9-14)12-4-2-1-3-5-12/h1-9H. The van der Waals surface area contributed by atoms with Crippen LogP contribution in [-0.4, -0.2) is 0 Å². The molecule has 3 aromatic rings. The van der Waals surface area contributed by atoms with Gasteiger partial charge >= 0.3 is 0 Å². The van der Waals surface area contributed by atoms with Crippen LogP contribution in [0, 0.1) is 40.1 Å². The van der Waals surface area contributed by atoms with Crippen LogP contribution in [0.4, 0.5) is 13.2 Å². The zero-order valence-electron chi connectivity index (χ0n) is 13.1. The summed E-state index contributed by atoms with van der Waals surface area (Å²) in [4.78, 5) is 0. The van der Waals surface area contributed by atoms with E-state index in [-0.39, 0.29) is 5.75 Å². The SMILES string of the molecule is N#Cc1c(F)c(F)c(Oc2ccc(-c3ccccc3)cc2)c(F)c1C#N. The Hall–Kier alpha value is -3.77. The molecule has 0 amide bonds. The minimum absolute atomic E-state index is 0.0514. The summed E-state index contributed by atoms with van der Waals surface area (Å²) in [6.07, 6.45) is 0. The van der Waals surface area contributed by atoms with E-state index in [2.05, 4.69) is 0 Å². The van der Waals surface area contributed by atoms with Gasteiger partial charge in [-0.1, -0.05) is 42.5 Å². The first-order chi connectivity index (χ1) is 12.6. The van der Waals surface area contributed by atoms with Crippen molar-refractivity contribution in [3.63, 3.8) is 0 Å². The first-order valence-electron chi connectivity index (χ1n) is 7.40. The average Bonchev–Trinajstić information content (AvgIpc) is 2.69. The van der Waals surface area contributed by atoms with Crippen molar-refractivity contribution in [3.8, 4) is 34.8 Å². The van der Waals surface area contributed by atoms with Crippen LogP contribution in [0.3, 0.4) is 0 Å². The van der Waals surface area contributed by atoms with E-state index >= 15 is 0 Å². The van der Waals surface area contributed by atoms with Crippen LogP contribution >= 0.6 is 0 Å². The van der Waals surface area contributed by atoms with Gasteiger partial charge in [-0.2, -0.15) is 14.9 Å². The predicted molar refractivity (Wildman–Crippen MR) is 87.7 cm³/mol. The summed E-state index contributed by atoms with van der Waals surface area (Å²) >= 11 is 0. The summed E-state index contributed by atoms with van der Waals surface area (Å²) in [6, 6.07) is 18.3. The zero-order valence-corrected chi connectivity index (χ0v) is 13.1. The fourth-order valence-electron chi connectivity index (χ4n) is 2.40. The minimum Gasteiger partial charge on any atom is -0.451 e. The van der Waals surface area contributed by atoms with Gasteiger partial charge in [0.2, 0.25) is 11.6 Å². The fourth-order valence-corrected chi connectivity index (χ4v) is 2.40. The molecule has 3 nitrogen and oxygen atoms in total. The number of nitriles is 2. The van der Waals surface area contributed by atoms with Gasteiger partial charge in [0.25, 0.3) is 0 Å². The highest BCUT2D eigenvalue weighted by molar-refractivity contribution is 5.64. The topological polar surface area (TPSA) is 56.8 Å². The van der Waals surface area contributed by atoms with E-state index in [9.17, 15) is 13.2 Å². The lowest BCUT2D eigenvalue weighted by atomic mass is 10.1. The quantitative estimate of drug-likeness (QED) is 0.602. The molecule has 0 aliphatic rings. The second-order valence-electron chi connectivity index (χ2n) is 5.24. The summed E-state index contributed by atoms with van der Waals surface area (Å²) < 4.78 is 47.3. The molecule has 0 saturated heterocycles. The third-order valence-corrected chi connectivity index (χ3v) is 3.69. The van der Waals surface area contributed by atoms with E-state index in [1.165, 1.54) is 24.3 Å². The van der Waals surface area contributed by atoms with Crippen LogP contribution in [0.15, 0.2) is 54.6 Å². The molecule has 0 unspecified atom stereocenters. The third kappa shape index (κ3) is 2.97. The van der Waals surface area contributed by atoms with E-state index in [1.807, 2.05) is 30.3 Å². The first-order valence-corrected chi connectivity index (χ1v) is 7.40. The van der Waals surface area contributed by atoms with E-state index in [0.29, 0.717) is 0 Å². The Labute approximate surface area is 147 Å². The summed E-state index contributed by atoms with van der Waals surface area (Å²) in [5.74, 6) is -5.72. The van der Waals surface area contributed by atoms with Gasteiger partial charge in [0, 0.05) is 0 Å². The molecule has 0 heterocycles. The fraction of sp³-hybridized carbons (Fsp3) is 0. The van der Waals surface area contributed by atoms with E-state index < -0.39 is 34.3 Å². The number of ether oxygens (including phenoxy) is 1. The molecular formula is C20H9F3N2O. The summed E-state index contributed by atoms with van der Waals surface area (Å²) in [7, 11) is 0. The van der Waals surface area contributed by atoms with Gasteiger partial charge in [0.05, 0.1) is 0 Å². The van der Waals surface area contributed by atoms with Crippen molar-refractivity contribution >= 4 is 0 Å². The second kappa shape index (κ2) is 7.00. The third-order valence-electron chi connectivity index (χ3n) is 3.69. The second-order valence-corrected chi connectivity index (χ2v) is 5.24. The molecule has 126 valence electrons. The smallest absolute Gasteiger partial charge is 0.205 e. The minimum atomic E-state index is -1.66. The maximum atomic E-state index is 14.3. The monoisotopic (exact) mass is 350 g/mol. The largest absolute Gasteiger partial charge is 0.451 e. The van der Waals surface area contributed by atoms with Crippen molar-refractivity contribution in [2.24, 2.45) is 0 Å². The van der Waals surface area contributed by atoms with Crippen LogP contribution < -0.4 is 4.74 Å². The lowest BCUT2D eigenvalue weighted by Crippen LogP contribution is -2.03. The van der Waals surface area contributed by atoms with Gasteiger partial charge in [-0.05, 0) is 23.3 Å². The number of rotatable bonds is 3. The van der Waals surface area contributed by atoms with Gasteiger partial charge < -0.3 is 4.74 Å². The van der Waals surface area contributed by atoms with Crippen LogP contribution in [-0.2, 0) is 0 Å². The Bertz CT molecular complexity index is 1050. The maximum Gasteiger partial charge on any atom is 0.205 e. The van der Waals surface area contributed by atoms with Crippen molar-refractivity contribution in [1.29, 1.82) is 10.5 Å². The highest BCUT2D eigenvalue weighted by atomic mass is 19.2. The van der Waals surface area contributed by atoms with E-state index in [4.69, 9.17) is 15.3 Å². The van der Waals surface area contributed by atoms with Crippen LogP contribution in [0.5, 0.6) is 11.5 Å². The Morgan fingerprint density at radius 3 is 1.77 bits per heavy atom. The highest BCUT2D eigenvalue weighted by Crippen LogP contribution is 2.34. The van der Waals surface area contributed by atoms with Gasteiger partial charge in [0.15, 0.2) is 11.6 Å². The van der Waals surface area contributed by atoms with Crippen molar-refractivity contribution in [1.82, 2.24) is 0 Å². The van der Waals surface area contributed by atoms with Gasteiger partial charge in [-0.15, -0.1) is 0 Å². The molecule has 26 heavy (non-hydrogen) atoms. The number of hydrogen-bond acceptors (Lipinski definition) is 3. The molecular weight excluding hydrogens is 341 g/mol. The average molecular weight is 350 g/mol. The molecule has 3 aromatic carbocycles. The molecule has 0 spiro atoms. The highest BCUT2D eigenvalue weighted by Gasteiger charge is 2.26. The van der Waals surface area contributed by atoms with Crippen molar-refractivity contribution < 1.29 is 17.9 Å². The summed E-state index contributed by atoms with van der Waals surface area (Å²) in [5, 5.41) is 17.7. The van der Waals surface area contributed by atoms with E-state index in [1.54, 1.807) is 12.1 Å². The Kier molecular flexibility index (Phi) is 4.59. The summed E-state index contributed by atoms with van der Waals surface area (Å²) in [5.41, 5.74) is -0.105. The van der Waals surface area contributed by atoms with Gasteiger partial charge in [-0.3, -0.25) is 0 Å². The number of halogens is 3.